The van der Waals surface area contributed by atoms with Gasteiger partial charge in [0, 0.05) is 32.5 Å². The van der Waals surface area contributed by atoms with Crippen molar-refractivity contribution in [3.8, 4) is 0 Å². The monoisotopic (exact) mass is 343 g/mol. The van der Waals surface area contributed by atoms with Crippen LogP contribution in [-0.2, 0) is 19.1 Å². The number of hydrogen-bond acceptors (Lipinski definition) is 6. The van der Waals surface area contributed by atoms with E-state index in [4.69, 9.17) is 0 Å². The number of carbonyl (C=O) groups excluding carboxylic acids is 4. The molecule has 1 heterocycles. The van der Waals surface area contributed by atoms with Crippen molar-refractivity contribution in [2.75, 3.05) is 33.9 Å². The van der Waals surface area contributed by atoms with Gasteiger partial charge in [0.2, 0.25) is 5.91 Å². The first-order valence-corrected chi connectivity index (χ1v) is 7.94. The zero-order valence-electron chi connectivity index (χ0n) is 14.1. The number of hydrogen-bond donors (Lipinski definition) is 2. The zero-order valence-corrected chi connectivity index (χ0v) is 14.1. The van der Waals surface area contributed by atoms with Crippen molar-refractivity contribution in [1.82, 2.24) is 15.5 Å². The number of likely N-dealkylation sites (tertiary alicyclic amines) is 1. The summed E-state index contributed by atoms with van der Waals surface area (Å²) in [5.74, 6) is -0.0701. The van der Waals surface area contributed by atoms with Crippen LogP contribution in [0.2, 0.25) is 0 Å². The molecular formula is C15H25N3O6. The lowest BCUT2D eigenvalue weighted by atomic mass is 10.0. The van der Waals surface area contributed by atoms with E-state index in [-0.39, 0.29) is 11.7 Å². The average Bonchev–Trinajstić information content (AvgIpc) is 2.59. The molecule has 1 rings (SSSR count). The predicted molar refractivity (Wildman–Crippen MR) is 84.4 cm³/mol. The summed E-state index contributed by atoms with van der Waals surface area (Å²) in [6.07, 6.45) is 1.19. The summed E-state index contributed by atoms with van der Waals surface area (Å²) in [5.41, 5.74) is 0. The van der Waals surface area contributed by atoms with Crippen LogP contribution in [0.4, 0.5) is 9.59 Å². The highest BCUT2D eigenvalue weighted by atomic mass is 16.5. The van der Waals surface area contributed by atoms with Crippen LogP contribution in [0.15, 0.2) is 0 Å². The maximum Gasteiger partial charge on any atom is 0.407 e. The molecule has 136 valence electrons. The van der Waals surface area contributed by atoms with Gasteiger partial charge in [-0.1, -0.05) is 0 Å². The van der Waals surface area contributed by atoms with Crippen LogP contribution in [0.25, 0.3) is 0 Å². The number of ketones is 1. The zero-order chi connectivity index (χ0) is 17.9. The molecule has 0 aromatic rings. The van der Waals surface area contributed by atoms with Crippen LogP contribution in [0.5, 0.6) is 0 Å². The van der Waals surface area contributed by atoms with Crippen molar-refractivity contribution in [2.24, 2.45) is 0 Å². The molecule has 0 aromatic heterocycles. The summed E-state index contributed by atoms with van der Waals surface area (Å²) >= 11 is 0. The highest BCUT2D eigenvalue weighted by molar-refractivity contribution is 5.88. The Kier molecular flexibility index (Phi) is 8.59. The van der Waals surface area contributed by atoms with Gasteiger partial charge < -0.3 is 25.0 Å². The number of nitrogens with one attached hydrogen (secondary N) is 2. The van der Waals surface area contributed by atoms with Crippen molar-refractivity contribution in [1.29, 1.82) is 0 Å². The van der Waals surface area contributed by atoms with Crippen molar-refractivity contribution in [2.45, 2.75) is 38.1 Å². The first-order valence-electron chi connectivity index (χ1n) is 7.94. The minimum Gasteiger partial charge on any atom is -0.453 e. The Morgan fingerprint density at radius 1 is 1.08 bits per heavy atom. The molecule has 0 saturated carbocycles. The lowest BCUT2D eigenvalue weighted by Gasteiger charge is -2.30. The number of amides is 3. The molecule has 0 spiro atoms. The van der Waals surface area contributed by atoms with Crippen molar-refractivity contribution < 1.29 is 28.7 Å². The molecular weight excluding hydrogens is 318 g/mol. The number of unbranched alkanes of at least 4 members (excludes halogenated alkanes) is 1. The number of rotatable bonds is 7. The summed E-state index contributed by atoms with van der Waals surface area (Å²) in [4.78, 5) is 47.8. The Labute approximate surface area is 141 Å². The van der Waals surface area contributed by atoms with Crippen molar-refractivity contribution in [3.05, 3.63) is 0 Å². The highest BCUT2D eigenvalue weighted by Gasteiger charge is 2.28. The van der Waals surface area contributed by atoms with Crippen LogP contribution in [0, 0.1) is 0 Å². The van der Waals surface area contributed by atoms with E-state index in [2.05, 4.69) is 20.1 Å². The largest absolute Gasteiger partial charge is 0.453 e. The van der Waals surface area contributed by atoms with E-state index in [1.807, 2.05) is 0 Å². The molecule has 1 saturated heterocycles. The SMILES string of the molecule is COC(=O)NCCCCC(NC(=O)OC)C(=O)N1CCC(=O)CC1. The van der Waals surface area contributed by atoms with E-state index >= 15 is 0 Å². The molecule has 24 heavy (non-hydrogen) atoms. The quantitative estimate of drug-likeness (QED) is 0.648. The Hall–Kier alpha value is -2.32. The molecule has 1 aliphatic rings. The maximum atomic E-state index is 12.5. The summed E-state index contributed by atoms with van der Waals surface area (Å²) < 4.78 is 9.02. The first kappa shape index (κ1) is 19.7. The molecule has 0 bridgehead atoms. The number of alkyl carbamates (subject to hydrolysis) is 2. The van der Waals surface area contributed by atoms with Crippen LogP contribution in [-0.4, -0.2) is 68.7 Å². The van der Waals surface area contributed by atoms with Gasteiger partial charge in [-0.15, -0.1) is 0 Å². The number of methoxy groups -OCH3 is 2. The number of ether oxygens (including phenoxy) is 2. The molecule has 3 amide bonds. The number of Topliss-reactive ketones (excluding diaryl/α,β-unsaturated/α-hetero) is 1. The van der Waals surface area contributed by atoms with Crippen LogP contribution in [0.1, 0.15) is 32.1 Å². The molecule has 2 N–H and O–H groups in total. The summed E-state index contributed by atoms with van der Waals surface area (Å²) in [6, 6.07) is -0.705. The minimum atomic E-state index is -0.705. The lowest BCUT2D eigenvalue weighted by Crippen LogP contribution is -2.50. The van der Waals surface area contributed by atoms with Gasteiger partial charge in [-0.2, -0.15) is 0 Å². The second-order valence-electron chi connectivity index (χ2n) is 5.47. The number of nitrogens with zero attached hydrogens (tertiary/aromatic N) is 1. The normalized spacial score (nSPS) is 15.4. The van der Waals surface area contributed by atoms with Gasteiger partial charge in [0.05, 0.1) is 14.2 Å². The second-order valence-corrected chi connectivity index (χ2v) is 5.47. The van der Waals surface area contributed by atoms with E-state index in [0.29, 0.717) is 51.7 Å². The molecule has 1 aliphatic heterocycles. The Morgan fingerprint density at radius 3 is 2.29 bits per heavy atom. The summed E-state index contributed by atoms with van der Waals surface area (Å²) in [7, 11) is 2.52. The molecule has 1 fully saturated rings. The fraction of sp³-hybridized carbons (Fsp3) is 0.733. The van der Waals surface area contributed by atoms with Crippen LogP contribution in [0.3, 0.4) is 0 Å². The molecule has 0 aromatic carbocycles. The fourth-order valence-corrected chi connectivity index (χ4v) is 2.39. The van der Waals surface area contributed by atoms with Crippen LogP contribution < -0.4 is 10.6 Å². The van der Waals surface area contributed by atoms with E-state index < -0.39 is 18.2 Å². The number of piperidine rings is 1. The van der Waals surface area contributed by atoms with Gasteiger partial charge in [0.15, 0.2) is 0 Å². The molecule has 0 aliphatic carbocycles. The van der Waals surface area contributed by atoms with Crippen LogP contribution >= 0.6 is 0 Å². The molecule has 1 atom stereocenters. The third-order valence-corrected chi connectivity index (χ3v) is 3.78. The third-order valence-electron chi connectivity index (χ3n) is 3.78. The smallest absolute Gasteiger partial charge is 0.407 e. The highest BCUT2D eigenvalue weighted by Crippen LogP contribution is 2.11. The van der Waals surface area contributed by atoms with Gasteiger partial charge in [0.25, 0.3) is 0 Å². The molecule has 1 unspecified atom stereocenters. The van der Waals surface area contributed by atoms with Gasteiger partial charge in [-0.05, 0) is 19.3 Å². The standard InChI is InChI=1S/C15H25N3O6/c1-23-14(21)16-8-4-3-5-12(17-15(22)24-2)13(20)18-9-6-11(19)7-10-18/h12H,3-10H2,1-2H3,(H,16,21)(H,17,22). The third kappa shape index (κ3) is 6.84. The molecule has 0 radical (unpaired) electrons. The van der Waals surface area contributed by atoms with E-state index in [1.54, 1.807) is 4.90 Å². The van der Waals surface area contributed by atoms with E-state index in [1.165, 1.54) is 14.2 Å². The van der Waals surface area contributed by atoms with Gasteiger partial charge >= 0.3 is 12.2 Å². The van der Waals surface area contributed by atoms with Gasteiger partial charge in [0.1, 0.15) is 11.8 Å². The Bertz CT molecular complexity index is 458. The lowest BCUT2D eigenvalue weighted by molar-refractivity contribution is -0.136. The number of carbonyl (C=O) groups is 4. The van der Waals surface area contributed by atoms with E-state index in [9.17, 15) is 19.2 Å². The van der Waals surface area contributed by atoms with E-state index in [0.717, 1.165) is 0 Å². The predicted octanol–water partition coefficient (Wildman–Crippen LogP) is 0.429. The van der Waals surface area contributed by atoms with Gasteiger partial charge in [-0.25, -0.2) is 9.59 Å². The topological polar surface area (TPSA) is 114 Å². The Balaban J connectivity index is 2.47. The van der Waals surface area contributed by atoms with Crippen molar-refractivity contribution in [3.63, 3.8) is 0 Å². The second kappa shape index (κ2) is 10.5. The molecule has 9 heteroatoms. The summed E-state index contributed by atoms with van der Waals surface area (Å²) in [6.45, 7) is 1.17. The summed E-state index contributed by atoms with van der Waals surface area (Å²) in [5, 5.41) is 5.09. The average molecular weight is 343 g/mol. The minimum absolute atomic E-state index is 0.144. The fourth-order valence-electron chi connectivity index (χ4n) is 2.39. The first-order chi connectivity index (χ1) is 11.5. The Morgan fingerprint density at radius 2 is 1.71 bits per heavy atom. The van der Waals surface area contributed by atoms with Gasteiger partial charge in [-0.3, -0.25) is 9.59 Å². The molecule has 9 nitrogen and oxygen atoms in total. The van der Waals surface area contributed by atoms with Crippen molar-refractivity contribution >= 4 is 23.9 Å². The maximum absolute atomic E-state index is 12.5.